The van der Waals surface area contributed by atoms with Gasteiger partial charge in [-0.1, -0.05) is 12.2 Å². The summed E-state index contributed by atoms with van der Waals surface area (Å²) in [6, 6.07) is 0. The molecule has 0 spiro atoms. The van der Waals surface area contributed by atoms with Crippen molar-refractivity contribution in [2.75, 3.05) is 19.0 Å². The number of ether oxygens (including phenoxy) is 1. The second-order valence-corrected chi connectivity index (χ2v) is 7.69. The van der Waals surface area contributed by atoms with Crippen molar-refractivity contribution in [1.82, 2.24) is 19.5 Å². The standard InChI is InChI=1S/C11H16N5O6PS/c1-23(19,20)21-2-4-6(17)7(18)10(22-4)16-3-13-5-8(16)14-11(12)15-9(5)24/h3-4,6-7,10,17-18H,2H2,1H3,(H,19,20)(H3,12,14,15,24)/t4-,6-,7-,10-/m1/s1. The van der Waals surface area contributed by atoms with Crippen molar-refractivity contribution in [3.8, 4) is 0 Å². The molecule has 132 valence electrons. The minimum absolute atomic E-state index is 0.0642. The minimum atomic E-state index is -3.74. The number of aliphatic hydroxyl groups excluding tert-OH is 2. The molecule has 1 saturated heterocycles. The molecular weight excluding hydrogens is 361 g/mol. The van der Waals surface area contributed by atoms with Crippen LogP contribution in [0.3, 0.4) is 0 Å². The van der Waals surface area contributed by atoms with Crippen LogP contribution in [0.1, 0.15) is 6.23 Å². The summed E-state index contributed by atoms with van der Waals surface area (Å²) in [6.45, 7) is 0.654. The molecule has 6 N–H and O–H groups in total. The summed E-state index contributed by atoms with van der Waals surface area (Å²) in [7, 11) is -3.74. The lowest BCUT2D eigenvalue weighted by molar-refractivity contribution is -0.0483. The number of nitrogen functional groups attached to an aromatic ring is 1. The number of imidazole rings is 1. The van der Waals surface area contributed by atoms with Crippen LogP contribution in [0.15, 0.2) is 6.33 Å². The zero-order valence-electron chi connectivity index (χ0n) is 12.4. The van der Waals surface area contributed by atoms with Crippen molar-refractivity contribution in [3.05, 3.63) is 11.0 Å². The van der Waals surface area contributed by atoms with Crippen LogP contribution in [0.25, 0.3) is 11.2 Å². The van der Waals surface area contributed by atoms with Crippen molar-refractivity contribution in [3.63, 3.8) is 0 Å². The monoisotopic (exact) mass is 377 g/mol. The SMILES string of the molecule is CP(=O)(O)OC[C@H]1O[C@@H](n2cnc3c(=S)[nH]c(N)nc32)[C@H](O)[C@@H]1O. The summed E-state index contributed by atoms with van der Waals surface area (Å²) in [4.78, 5) is 20.0. The summed E-state index contributed by atoms with van der Waals surface area (Å²) in [5.74, 6) is 0.0642. The highest BCUT2D eigenvalue weighted by Gasteiger charge is 2.45. The maximum Gasteiger partial charge on any atom is 0.325 e. The van der Waals surface area contributed by atoms with Crippen LogP contribution in [0.4, 0.5) is 5.95 Å². The van der Waals surface area contributed by atoms with Gasteiger partial charge in [-0.15, -0.1) is 0 Å². The quantitative estimate of drug-likeness (QED) is 0.346. The number of aliphatic hydroxyl groups is 2. The molecule has 1 aliphatic heterocycles. The van der Waals surface area contributed by atoms with E-state index in [4.69, 9.17) is 32.1 Å². The summed E-state index contributed by atoms with van der Waals surface area (Å²) in [5.41, 5.74) is 6.26. The number of nitrogens with one attached hydrogen (secondary N) is 1. The predicted octanol–water partition coefficient (Wildman–Crippen LogP) is -0.478. The van der Waals surface area contributed by atoms with Gasteiger partial charge in [-0.2, -0.15) is 4.98 Å². The van der Waals surface area contributed by atoms with Crippen LogP contribution in [0.2, 0.25) is 0 Å². The summed E-state index contributed by atoms with van der Waals surface area (Å²) in [5, 5.41) is 20.3. The molecule has 11 nitrogen and oxygen atoms in total. The first-order valence-electron chi connectivity index (χ1n) is 6.86. The van der Waals surface area contributed by atoms with Gasteiger partial charge in [0, 0.05) is 6.66 Å². The zero-order valence-corrected chi connectivity index (χ0v) is 14.1. The number of rotatable bonds is 4. The van der Waals surface area contributed by atoms with E-state index in [1.54, 1.807) is 0 Å². The van der Waals surface area contributed by atoms with Gasteiger partial charge in [0.05, 0.1) is 12.9 Å². The van der Waals surface area contributed by atoms with Crippen LogP contribution in [-0.2, 0) is 13.8 Å². The van der Waals surface area contributed by atoms with Crippen molar-refractivity contribution in [2.24, 2.45) is 0 Å². The number of nitrogens with two attached hydrogens (primary N) is 1. The molecule has 0 bridgehead atoms. The Bertz CT molecular complexity index is 864. The third-order valence-electron chi connectivity index (χ3n) is 3.54. The first kappa shape index (κ1) is 17.4. The average molecular weight is 377 g/mol. The van der Waals surface area contributed by atoms with Gasteiger partial charge in [-0.05, 0) is 0 Å². The van der Waals surface area contributed by atoms with Gasteiger partial charge in [-0.25, -0.2) is 4.98 Å². The van der Waals surface area contributed by atoms with Crippen LogP contribution < -0.4 is 5.73 Å². The first-order valence-corrected chi connectivity index (χ1v) is 9.29. The molecule has 0 aromatic carbocycles. The molecular formula is C11H16N5O6PS. The fraction of sp³-hybridized carbons (Fsp3) is 0.545. The van der Waals surface area contributed by atoms with E-state index >= 15 is 0 Å². The van der Waals surface area contributed by atoms with Gasteiger partial charge in [0.25, 0.3) is 0 Å². The number of aromatic nitrogens is 4. The molecule has 1 unspecified atom stereocenters. The fourth-order valence-electron chi connectivity index (χ4n) is 2.44. The molecule has 1 fully saturated rings. The van der Waals surface area contributed by atoms with E-state index in [1.807, 2.05) is 0 Å². The fourth-order valence-corrected chi connectivity index (χ4v) is 3.11. The molecule has 0 amide bonds. The van der Waals surface area contributed by atoms with E-state index in [2.05, 4.69) is 15.0 Å². The van der Waals surface area contributed by atoms with Gasteiger partial charge in [0.2, 0.25) is 5.95 Å². The van der Waals surface area contributed by atoms with Crippen molar-refractivity contribution >= 4 is 36.9 Å². The van der Waals surface area contributed by atoms with Crippen LogP contribution in [0.5, 0.6) is 0 Å². The lowest BCUT2D eigenvalue weighted by Gasteiger charge is -2.16. The molecule has 3 heterocycles. The molecule has 0 aliphatic carbocycles. The highest BCUT2D eigenvalue weighted by molar-refractivity contribution is 7.71. The molecule has 5 atom stereocenters. The highest BCUT2D eigenvalue weighted by Crippen LogP contribution is 2.39. The van der Waals surface area contributed by atoms with Gasteiger partial charge in [0.1, 0.15) is 28.5 Å². The molecule has 0 radical (unpaired) electrons. The lowest BCUT2D eigenvalue weighted by atomic mass is 10.1. The summed E-state index contributed by atoms with van der Waals surface area (Å²) < 4.78 is 23.2. The van der Waals surface area contributed by atoms with Gasteiger partial charge in [-0.3, -0.25) is 9.13 Å². The zero-order chi connectivity index (χ0) is 17.6. The number of hydrogen-bond donors (Lipinski definition) is 5. The molecule has 1 aliphatic rings. The topological polar surface area (TPSA) is 169 Å². The Morgan fingerprint density at radius 3 is 2.92 bits per heavy atom. The molecule has 24 heavy (non-hydrogen) atoms. The second kappa shape index (κ2) is 6.15. The largest absolute Gasteiger partial charge is 0.387 e. The number of anilines is 1. The molecule has 2 aromatic rings. The van der Waals surface area contributed by atoms with Gasteiger partial charge >= 0.3 is 7.60 Å². The highest BCUT2D eigenvalue weighted by atomic mass is 32.1. The van der Waals surface area contributed by atoms with E-state index in [0.29, 0.717) is 5.52 Å². The summed E-state index contributed by atoms with van der Waals surface area (Å²) >= 11 is 5.10. The lowest BCUT2D eigenvalue weighted by Crippen LogP contribution is -2.33. The third kappa shape index (κ3) is 3.22. The van der Waals surface area contributed by atoms with Crippen LogP contribution in [0, 0.1) is 4.64 Å². The maximum atomic E-state index is 11.2. The Balaban J connectivity index is 1.90. The maximum absolute atomic E-state index is 11.2. The predicted molar refractivity (Wildman–Crippen MR) is 84.8 cm³/mol. The number of nitrogens with zero attached hydrogens (tertiary/aromatic N) is 3. The number of hydrogen-bond acceptors (Lipinski definition) is 9. The minimum Gasteiger partial charge on any atom is -0.387 e. The average Bonchev–Trinajstić information content (AvgIpc) is 3.00. The molecule has 2 aromatic heterocycles. The van der Waals surface area contributed by atoms with Crippen LogP contribution in [-0.4, -0.2) is 66.2 Å². The van der Waals surface area contributed by atoms with Crippen molar-refractivity contribution in [2.45, 2.75) is 24.5 Å². The first-order chi connectivity index (χ1) is 11.2. The second-order valence-electron chi connectivity index (χ2n) is 5.42. The van der Waals surface area contributed by atoms with Crippen molar-refractivity contribution < 1.29 is 28.9 Å². The van der Waals surface area contributed by atoms with E-state index in [0.717, 1.165) is 6.66 Å². The normalized spacial score (nSPS) is 29.8. The molecule has 13 heteroatoms. The van der Waals surface area contributed by atoms with E-state index in [-0.39, 0.29) is 22.8 Å². The van der Waals surface area contributed by atoms with Gasteiger partial charge in [0.15, 0.2) is 11.9 Å². The Labute approximate surface area is 140 Å². The smallest absolute Gasteiger partial charge is 0.325 e. The number of fused-ring (bicyclic) bond motifs is 1. The Morgan fingerprint density at radius 1 is 1.54 bits per heavy atom. The van der Waals surface area contributed by atoms with E-state index < -0.39 is 32.1 Å². The molecule has 0 saturated carbocycles. The molecule has 3 rings (SSSR count). The van der Waals surface area contributed by atoms with Gasteiger partial charge < -0.3 is 35.1 Å². The Hall–Kier alpha value is -1.40. The van der Waals surface area contributed by atoms with E-state index in [9.17, 15) is 14.8 Å². The van der Waals surface area contributed by atoms with E-state index in [1.165, 1.54) is 10.9 Å². The Morgan fingerprint density at radius 2 is 2.25 bits per heavy atom. The number of aromatic amines is 1. The van der Waals surface area contributed by atoms with Crippen LogP contribution >= 0.6 is 19.8 Å². The Kier molecular flexibility index (Phi) is 4.47. The summed E-state index contributed by atoms with van der Waals surface area (Å²) in [6.07, 6.45) is -3.33. The van der Waals surface area contributed by atoms with Crippen molar-refractivity contribution in [1.29, 1.82) is 0 Å². The number of H-pyrrole nitrogens is 1. The third-order valence-corrected chi connectivity index (χ3v) is 4.46.